The lowest BCUT2D eigenvalue weighted by Gasteiger charge is -2.15. The molecule has 0 spiro atoms. The minimum atomic E-state index is -3.74. The molecule has 0 bridgehead atoms. The first-order valence-corrected chi connectivity index (χ1v) is 15.0. The molecule has 0 fully saturated rings. The molecule has 11 nitrogen and oxygen atoms in total. The number of hydrogen-bond acceptors (Lipinski definition) is 11. The second-order valence-electron chi connectivity index (χ2n) is 8.94. The Morgan fingerprint density at radius 1 is 0.773 bits per heavy atom. The lowest BCUT2D eigenvalue weighted by molar-refractivity contribution is 0.104. The number of carbonyl (C=O) groups excluding carboxylic acids is 1. The van der Waals surface area contributed by atoms with Crippen LogP contribution in [0.3, 0.4) is 0 Å². The van der Waals surface area contributed by atoms with Crippen molar-refractivity contribution >= 4 is 39.0 Å². The van der Waals surface area contributed by atoms with Crippen LogP contribution in [0.1, 0.15) is 21.5 Å². The summed E-state index contributed by atoms with van der Waals surface area (Å²) >= 11 is 6.42. The van der Waals surface area contributed by atoms with Crippen molar-refractivity contribution in [1.82, 2.24) is 0 Å². The number of ketones is 1. The second-order valence-corrected chi connectivity index (χ2v) is 11.2. The SMILES string of the molecule is COc1cc(OC)c(/C=C/S(=O)(=O)Cc2ccc(OC)c(N/C=C\C(=O)c3cc(OC)c(OC)c(OC)c3Cl)c2)c(OC)c1. The molecule has 0 atom stereocenters. The zero-order chi connectivity index (χ0) is 32.4. The van der Waals surface area contributed by atoms with Gasteiger partial charge in [0.25, 0.3) is 0 Å². The van der Waals surface area contributed by atoms with Crippen LogP contribution in [0.5, 0.6) is 40.2 Å². The lowest BCUT2D eigenvalue weighted by Crippen LogP contribution is -2.04. The van der Waals surface area contributed by atoms with E-state index in [0.717, 1.165) is 5.41 Å². The fraction of sp³-hybridized carbons (Fsp3) is 0.258. The number of sulfone groups is 1. The van der Waals surface area contributed by atoms with Gasteiger partial charge in [0.15, 0.2) is 27.1 Å². The summed E-state index contributed by atoms with van der Waals surface area (Å²) in [7, 11) is 6.43. The van der Waals surface area contributed by atoms with Crippen LogP contribution in [-0.4, -0.2) is 64.0 Å². The van der Waals surface area contributed by atoms with Crippen LogP contribution in [0.25, 0.3) is 6.08 Å². The monoisotopic (exact) mass is 647 g/mol. The molecule has 44 heavy (non-hydrogen) atoms. The van der Waals surface area contributed by atoms with E-state index >= 15 is 0 Å². The van der Waals surface area contributed by atoms with Gasteiger partial charge in [-0.1, -0.05) is 17.7 Å². The standard InChI is InChI=1S/C31H34ClNO10S/c1-37-20-15-26(39-3)21(27(16-20)40-4)11-13-44(35,36)18-19-8-9-25(38-2)23(14-19)33-12-10-24(34)22-17-28(41-5)30(42-6)31(43-7)29(22)32/h8-17,33H,18H2,1-7H3/b12-10-,13-11+. The third-order valence-corrected chi connectivity index (χ3v) is 8.00. The number of halogens is 1. The van der Waals surface area contributed by atoms with Crippen molar-refractivity contribution < 1.29 is 46.4 Å². The fourth-order valence-corrected chi connectivity index (χ4v) is 5.60. The number of methoxy groups -OCH3 is 7. The van der Waals surface area contributed by atoms with Crippen molar-refractivity contribution in [1.29, 1.82) is 0 Å². The number of rotatable bonds is 15. The van der Waals surface area contributed by atoms with Gasteiger partial charge in [0.2, 0.25) is 5.75 Å². The molecule has 0 aliphatic heterocycles. The van der Waals surface area contributed by atoms with E-state index in [4.69, 9.17) is 44.8 Å². The Bertz CT molecular complexity index is 1640. The maximum absolute atomic E-state index is 13.1. The summed E-state index contributed by atoms with van der Waals surface area (Å²) in [5.74, 6) is 1.62. The molecule has 0 saturated carbocycles. The fourth-order valence-electron chi connectivity index (χ4n) is 4.20. The molecule has 0 radical (unpaired) electrons. The quantitative estimate of drug-likeness (QED) is 0.159. The van der Waals surface area contributed by atoms with Crippen molar-refractivity contribution in [3.8, 4) is 40.2 Å². The highest BCUT2D eigenvalue weighted by Crippen LogP contribution is 2.45. The molecule has 13 heteroatoms. The molecule has 0 amide bonds. The Morgan fingerprint density at radius 2 is 1.39 bits per heavy atom. The Balaban J connectivity index is 1.84. The molecule has 0 aliphatic carbocycles. The molecular weight excluding hydrogens is 614 g/mol. The van der Waals surface area contributed by atoms with E-state index in [1.54, 1.807) is 30.3 Å². The van der Waals surface area contributed by atoms with Gasteiger partial charge in [0.1, 0.15) is 23.0 Å². The van der Waals surface area contributed by atoms with Gasteiger partial charge in [0.05, 0.1) is 71.8 Å². The van der Waals surface area contributed by atoms with Crippen molar-refractivity contribution in [2.75, 3.05) is 55.1 Å². The van der Waals surface area contributed by atoms with Crippen LogP contribution in [0, 0.1) is 0 Å². The molecule has 0 aromatic heterocycles. The highest BCUT2D eigenvalue weighted by Gasteiger charge is 2.22. The van der Waals surface area contributed by atoms with E-state index in [2.05, 4.69) is 5.32 Å². The van der Waals surface area contributed by atoms with Crippen LogP contribution < -0.4 is 38.5 Å². The Kier molecular flexibility index (Phi) is 11.8. The van der Waals surface area contributed by atoms with Crippen LogP contribution in [0.15, 0.2) is 54.1 Å². The number of anilines is 1. The first-order valence-electron chi connectivity index (χ1n) is 12.9. The van der Waals surface area contributed by atoms with E-state index in [1.165, 1.54) is 74.2 Å². The summed E-state index contributed by atoms with van der Waals surface area (Å²) in [6, 6.07) is 9.58. The Hall–Kier alpha value is -4.55. The number of ether oxygens (including phenoxy) is 7. The molecule has 236 valence electrons. The highest BCUT2D eigenvalue weighted by atomic mass is 35.5. The highest BCUT2D eigenvalue weighted by molar-refractivity contribution is 7.93. The number of benzene rings is 3. The molecule has 0 heterocycles. The molecule has 1 N–H and O–H groups in total. The molecule has 3 rings (SSSR count). The molecule has 3 aromatic carbocycles. The summed E-state index contributed by atoms with van der Waals surface area (Å²) in [6.07, 6.45) is 4.06. The lowest BCUT2D eigenvalue weighted by atomic mass is 10.1. The van der Waals surface area contributed by atoms with E-state index in [9.17, 15) is 13.2 Å². The Morgan fingerprint density at radius 3 is 1.93 bits per heavy atom. The van der Waals surface area contributed by atoms with Gasteiger partial charge in [-0.05, 0) is 29.8 Å². The van der Waals surface area contributed by atoms with Gasteiger partial charge in [0, 0.05) is 35.4 Å². The van der Waals surface area contributed by atoms with Crippen molar-refractivity contribution in [2.24, 2.45) is 0 Å². The molecule has 3 aromatic rings. The Labute approximate surface area is 261 Å². The molecule has 0 saturated heterocycles. The van der Waals surface area contributed by atoms with Gasteiger partial charge < -0.3 is 38.5 Å². The first kappa shape index (κ1) is 33.9. The van der Waals surface area contributed by atoms with Crippen molar-refractivity contribution in [3.05, 3.63) is 75.8 Å². The zero-order valence-corrected chi connectivity index (χ0v) is 26.9. The predicted molar refractivity (Wildman–Crippen MR) is 169 cm³/mol. The zero-order valence-electron chi connectivity index (χ0n) is 25.3. The van der Waals surface area contributed by atoms with Crippen molar-refractivity contribution in [2.45, 2.75) is 5.75 Å². The minimum Gasteiger partial charge on any atom is -0.496 e. The van der Waals surface area contributed by atoms with Gasteiger partial charge in [-0.3, -0.25) is 4.79 Å². The van der Waals surface area contributed by atoms with Crippen LogP contribution in [0.4, 0.5) is 5.69 Å². The van der Waals surface area contributed by atoms with Gasteiger partial charge in [-0.2, -0.15) is 0 Å². The summed E-state index contributed by atoms with van der Waals surface area (Å²) in [4.78, 5) is 13.0. The molecule has 0 aliphatic rings. The number of hydrogen-bond donors (Lipinski definition) is 1. The topological polar surface area (TPSA) is 128 Å². The van der Waals surface area contributed by atoms with E-state index in [1.807, 2.05) is 0 Å². The van der Waals surface area contributed by atoms with Gasteiger partial charge in [-0.25, -0.2) is 8.42 Å². The summed E-state index contributed by atoms with van der Waals surface area (Å²) in [5, 5.41) is 4.13. The number of nitrogens with one attached hydrogen (secondary N) is 1. The number of allylic oxidation sites excluding steroid dienone is 1. The summed E-state index contributed by atoms with van der Waals surface area (Å²) in [6.45, 7) is 0. The smallest absolute Gasteiger partial charge is 0.204 e. The minimum absolute atomic E-state index is 0.0579. The van der Waals surface area contributed by atoms with Gasteiger partial charge in [-0.15, -0.1) is 0 Å². The molecular formula is C31H34ClNO10S. The number of carbonyl (C=O) groups is 1. The van der Waals surface area contributed by atoms with Crippen LogP contribution in [-0.2, 0) is 15.6 Å². The second kappa shape index (κ2) is 15.3. The third-order valence-electron chi connectivity index (χ3n) is 6.34. The van der Waals surface area contributed by atoms with E-state index in [0.29, 0.717) is 39.8 Å². The van der Waals surface area contributed by atoms with E-state index < -0.39 is 15.6 Å². The average molecular weight is 648 g/mol. The van der Waals surface area contributed by atoms with Gasteiger partial charge >= 0.3 is 0 Å². The summed E-state index contributed by atoms with van der Waals surface area (Å²) in [5.41, 5.74) is 1.48. The average Bonchev–Trinajstić information content (AvgIpc) is 3.02. The predicted octanol–water partition coefficient (Wildman–Crippen LogP) is 5.79. The summed E-state index contributed by atoms with van der Waals surface area (Å²) < 4.78 is 63.5. The first-order chi connectivity index (χ1) is 21.1. The third kappa shape index (κ3) is 7.88. The maximum atomic E-state index is 13.1. The van der Waals surface area contributed by atoms with Crippen LogP contribution >= 0.6 is 11.6 Å². The normalized spacial score (nSPS) is 11.4. The molecule has 0 unspecified atom stereocenters. The van der Waals surface area contributed by atoms with Crippen molar-refractivity contribution in [3.63, 3.8) is 0 Å². The van der Waals surface area contributed by atoms with Crippen LogP contribution in [0.2, 0.25) is 5.02 Å². The maximum Gasteiger partial charge on any atom is 0.204 e. The largest absolute Gasteiger partial charge is 0.496 e. The van der Waals surface area contributed by atoms with E-state index in [-0.39, 0.29) is 33.6 Å².